The van der Waals surface area contributed by atoms with Crippen molar-refractivity contribution in [2.24, 2.45) is 5.92 Å². The van der Waals surface area contributed by atoms with Crippen LogP contribution in [0.25, 0.3) is 0 Å². The Hall–Kier alpha value is -3.14. The number of halogens is 1. The zero-order chi connectivity index (χ0) is 30.4. The van der Waals surface area contributed by atoms with E-state index in [4.69, 9.17) is 9.84 Å². The number of piperazine rings is 1. The summed E-state index contributed by atoms with van der Waals surface area (Å²) in [4.78, 5) is 42.8. The van der Waals surface area contributed by atoms with Crippen LogP contribution in [0.2, 0.25) is 0 Å². The van der Waals surface area contributed by atoms with Gasteiger partial charge in [-0.1, -0.05) is 56.9 Å². The van der Waals surface area contributed by atoms with Crippen LogP contribution in [0.4, 0.5) is 0 Å². The second kappa shape index (κ2) is 15.2. The van der Waals surface area contributed by atoms with Crippen molar-refractivity contribution in [1.82, 2.24) is 15.1 Å². The van der Waals surface area contributed by atoms with Crippen molar-refractivity contribution in [2.75, 3.05) is 19.6 Å². The SMILES string of the molecule is CCCCN1C(=O)[C@@H]([C@H](O)C2CCCCC2)NC(=O)C12CCN(Cc1cccc(OCc3ccc(C(=O)O)cc3)c1)CC2.Cl. The zero-order valence-electron chi connectivity index (χ0n) is 25.6. The summed E-state index contributed by atoms with van der Waals surface area (Å²) in [5.74, 6) is -0.398. The Balaban J connectivity index is 0.00000442. The number of carbonyl (C=O) groups excluding carboxylic acids is 2. The lowest BCUT2D eigenvalue weighted by molar-refractivity contribution is -0.166. The number of aliphatic hydroxyl groups is 1. The smallest absolute Gasteiger partial charge is 0.335 e. The van der Waals surface area contributed by atoms with E-state index in [1.807, 2.05) is 23.1 Å². The molecule has 10 heteroatoms. The summed E-state index contributed by atoms with van der Waals surface area (Å²) in [6, 6.07) is 13.7. The van der Waals surface area contributed by atoms with E-state index in [9.17, 15) is 19.5 Å². The fourth-order valence-corrected chi connectivity index (χ4v) is 6.94. The first-order chi connectivity index (χ1) is 20.8. The van der Waals surface area contributed by atoms with Gasteiger partial charge >= 0.3 is 5.97 Å². The van der Waals surface area contributed by atoms with Crippen molar-refractivity contribution in [2.45, 2.75) is 95.5 Å². The van der Waals surface area contributed by atoms with E-state index in [1.54, 1.807) is 24.3 Å². The molecule has 0 aromatic heterocycles. The highest BCUT2D eigenvalue weighted by atomic mass is 35.5. The van der Waals surface area contributed by atoms with Gasteiger partial charge in [0, 0.05) is 26.2 Å². The number of nitrogens with zero attached hydrogens (tertiary/aromatic N) is 2. The lowest BCUT2D eigenvalue weighted by Gasteiger charge is -2.52. The monoisotopic (exact) mass is 627 g/mol. The van der Waals surface area contributed by atoms with Crippen LogP contribution in [0.15, 0.2) is 48.5 Å². The highest BCUT2D eigenvalue weighted by Gasteiger charge is 2.55. The molecule has 0 radical (unpaired) electrons. The number of carboxylic acid groups (broad SMARTS) is 1. The number of benzene rings is 2. The second-order valence-electron chi connectivity index (χ2n) is 12.4. The molecule has 5 rings (SSSR count). The molecule has 1 aliphatic carbocycles. The lowest BCUT2D eigenvalue weighted by Crippen LogP contribution is -2.75. The third-order valence-corrected chi connectivity index (χ3v) is 9.56. The Kier molecular flexibility index (Phi) is 11.7. The molecule has 2 amide bonds. The molecule has 0 unspecified atom stereocenters. The minimum atomic E-state index is -0.953. The molecule has 44 heavy (non-hydrogen) atoms. The van der Waals surface area contributed by atoms with Crippen molar-refractivity contribution in [1.29, 1.82) is 0 Å². The zero-order valence-corrected chi connectivity index (χ0v) is 26.4. The van der Waals surface area contributed by atoms with Gasteiger partial charge in [-0.3, -0.25) is 14.5 Å². The van der Waals surface area contributed by atoms with Gasteiger partial charge < -0.3 is 25.2 Å². The van der Waals surface area contributed by atoms with Crippen LogP contribution in [0.5, 0.6) is 5.75 Å². The molecule has 1 spiro atoms. The van der Waals surface area contributed by atoms with Crippen LogP contribution in [-0.4, -0.2) is 75.1 Å². The number of unbranched alkanes of at least 4 members (excludes halogenated alkanes) is 1. The minimum absolute atomic E-state index is 0. The molecule has 240 valence electrons. The number of ether oxygens (including phenoxy) is 1. The molecule has 3 aliphatic rings. The summed E-state index contributed by atoms with van der Waals surface area (Å²) >= 11 is 0. The van der Waals surface area contributed by atoms with Crippen molar-refractivity contribution >= 4 is 30.2 Å². The molecule has 2 aromatic rings. The fraction of sp³-hybridized carbons (Fsp3) is 0.559. The van der Waals surface area contributed by atoms with Gasteiger partial charge in [0.2, 0.25) is 11.8 Å². The Bertz CT molecular complexity index is 1270. The van der Waals surface area contributed by atoms with Crippen molar-refractivity contribution in [3.63, 3.8) is 0 Å². The van der Waals surface area contributed by atoms with E-state index in [1.165, 1.54) is 0 Å². The van der Waals surface area contributed by atoms with Crippen LogP contribution in [0.1, 0.15) is 86.2 Å². The number of piperidine rings is 1. The summed E-state index contributed by atoms with van der Waals surface area (Å²) in [7, 11) is 0. The number of rotatable bonds is 11. The molecule has 9 nitrogen and oxygen atoms in total. The minimum Gasteiger partial charge on any atom is -0.489 e. The second-order valence-corrected chi connectivity index (χ2v) is 12.4. The maximum absolute atomic E-state index is 13.9. The summed E-state index contributed by atoms with van der Waals surface area (Å²) < 4.78 is 5.98. The van der Waals surface area contributed by atoms with Crippen LogP contribution >= 0.6 is 12.4 Å². The Morgan fingerprint density at radius 1 is 1.05 bits per heavy atom. The number of aromatic carboxylic acids is 1. The van der Waals surface area contributed by atoms with Crippen molar-refractivity contribution < 1.29 is 29.3 Å². The summed E-state index contributed by atoms with van der Waals surface area (Å²) in [5, 5.41) is 23.3. The van der Waals surface area contributed by atoms with E-state index in [-0.39, 0.29) is 35.7 Å². The molecule has 1 saturated carbocycles. The van der Waals surface area contributed by atoms with E-state index < -0.39 is 23.7 Å². The highest BCUT2D eigenvalue weighted by molar-refractivity contribution is 6.00. The summed E-state index contributed by atoms with van der Waals surface area (Å²) in [5.41, 5.74) is 1.36. The number of amides is 2. The van der Waals surface area contributed by atoms with Gasteiger partial charge in [-0.25, -0.2) is 4.79 Å². The highest BCUT2D eigenvalue weighted by Crippen LogP contribution is 2.36. The Morgan fingerprint density at radius 2 is 1.75 bits per heavy atom. The lowest BCUT2D eigenvalue weighted by atomic mass is 9.78. The molecule has 2 aromatic carbocycles. The van der Waals surface area contributed by atoms with E-state index in [0.717, 1.165) is 61.8 Å². The third kappa shape index (κ3) is 7.56. The van der Waals surface area contributed by atoms with Crippen LogP contribution < -0.4 is 10.1 Å². The molecule has 3 N–H and O–H groups in total. The predicted molar refractivity (Wildman–Crippen MR) is 170 cm³/mol. The first kappa shape index (κ1) is 33.7. The standard InChI is InChI=1S/C34H45N3O6.ClH/c1-2-3-18-37-31(39)29(30(38)26-9-5-4-6-10-26)35-33(42)34(37)16-19-36(20-17-34)22-25-8-7-11-28(21-25)43-23-24-12-14-27(15-13-24)32(40)41;/h7-8,11-15,21,26,29-30,38H,2-6,9-10,16-20,22-23H2,1H3,(H,35,42)(H,40,41);1H/t29-,30-;/m1./s1. The van der Waals surface area contributed by atoms with Crippen LogP contribution in [0.3, 0.4) is 0 Å². The number of carboxylic acids is 1. The van der Waals surface area contributed by atoms with Crippen molar-refractivity contribution in [3.8, 4) is 5.75 Å². The number of nitrogens with one attached hydrogen (secondary N) is 1. The van der Waals surface area contributed by atoms with Crippen LogP contribution in [-0.2, 0) is 22.7 Å². The van der Waals surface area contributed by atoms with E-state index >= 15 is 0 Å². The summed E-state index contributed by atoms with van der Waals surface area (Å²) in [6.07, 6.45) is 7.13. The van der Waals surface area contributed by atoms with Crippen LogP contribution in [0, 0.1) is 5.92 Å². The molecule has 2 atom stereocenters. The average Bonchev–Trinajstić information content (AvgIpc) is 3.03. The molecule has 3 fully saturated rings. The Morgan fingerprint density at radius 3 is 2.41 bits per heavy atom. The Labute approximate surface area is 266 Å². The van der Waals surface area contributed by atoms with Crippen molar-refractivity contribution in [3.05, 3.63) is 65.2 Å². The maximum atomic E-state index is 13.9. The molecule has 2 saturated heterocycles. The molecular formula is C34H46ClN3O6. The molecule has 2 aliphatic heterocycles. The largest absolute Gasteiger partial charge is 0.489 e. The first-order valence-corrected chi connectivity index (χ1v) is 15.9. The number of hydrogen-bond acceptors (Lipinski definition) is 6. The fourth-order valence-electron chi connectivity index (χ4n) is 6.94. The van der Waals surface area contributed by atoms with E-state index in [2.05, 4.69) is 23.2 Å². The first-order valence-electron chi connectivity index (χ1n) is 15.9. The summed E-state index contributed by atoms with van der Waals surface area (Å²) in [6.45, 7) is 5.03. The van der Waals surface area contributed by atoms with Gasteiger partial charge in [-0.2, -0.15) is 0 Å². The quantitative estimate of drug-likeness (QED) is 0.328. The third-order valence-electron chi connectivity index (χ3n) is 9.56. The van der Waals surface area contributed by atoms with Gasteiger partial charge in [0.05, 0.1) is 11.7 Å². The predicted octanol–water partition coefficient (Wildman–Crippen LogP) is 4.79. The molecule has 2 heterocycles. The van der Waals surface area contributed by atoms with Gasteiger partial charge in [-0.05, 0) is 73.4 Å². The molecule has 0 bridgehead atoms. The molecular weight excluding hydrogens is 582 g/mol. The van der Waals surface area contributed by atoms with Gasteiger partial charge in [-0.15, -0.1) is 12.4 Å². The number of likely N-dealkylation sites (tertiary alicyclic amines) is 1. The number of hydrogen-bond donors (Lipinski definition) is 3. The average molecular weight is 628 g/mol. The van der Waals surface area contributed by atoms with E-state index in [0.29, 0.717) is 45.6 Å². The number of carbonyl (C=O) groups is 3. The van der Waals surface area contributed by atoms with Gasteiger partial charge in [0.15, 0.2) is 0 Å². The normalized spacial score (nSPS) is 21.4. The van der Waals surface area contributed by atoms with Gasteiger partial charge in [0.1, 0.15) is 23.9 Å². The number of aliphatic hydroxyl groups excluding tert-OH is 1. The topological polar surface area (TPSA) is 119 Å². The van der Waals surface area contributed by atoms with Gasteiger partial charge in [0.25, 0.3) is 0 Å². The maximum Gasteiger partial charge on any atom is 0.335 e.